The van der Waals surface area contributed by atoms with Gasteiger partial charge in [-0.25, -0.2) is 0 Å². The van der Waals surface area contributed by atoms with E-state index in [4.69, 9.17) is 0 Å². The molecule has 0 N–H and O–H groups in total. The molecule has 0 saturated heterocycles. The molecule has 5 atom stereocenters. The van der Waals surface area contributed by atoms with Crippen molar-refractivity contribution >= 4 is 17.5 Å². The summed E-state index contributed by atoms with van der Waals surface area (Å²) < 4.78 is -0.164. The van der Waals surface area contributed by atoms with E-state index in [2.05, 4.69) is 18.7 Å². The summed E-state index contributed by atoms with van der Waals surface area (Å²) in [5.74, 6) is 3.09. The smallest absolute Gasteiger partial charge is 0.153 e. The minimum atomic E-state index is -0.164. The zero-order chi connectivity index (χ0) is 11.6. The first-order chi connectivity index (χ1) is 8.29. The van der Waals surface area contributed by atoms with Crippen molar-refractivity contribution in [1.29, 1.82) is 0 Å². The molecule has 0 aromatic heterocycles. The molecule has 1 aromatic rings. The van der Waals surface area contributed by atoms with Gasteiger partial charge in [0.1, 0.15) is 0 Å². The first kappa shape index (κ1) is 9.95. The van der Waals surface area contributed by atoms with E-state index < -0.39 is 0 Å². The van der Waals surface area contributed by atoms with Crippen LogP contribution in [0.15, 0.2) is 47.9 Å². The van der Waals surface area contributed by atoms with E-state index >= 15 is 0 Å². The molecule has 2 heteroatoms. The molecule has 2 bridgehead atoms. The fourth-order valence-electron chi connectivity index (χ4n) is 3.75. The van der Waals surface area contributed by atoms with Gasteiger partial charge < -0.3 is 0 Å². The topological polar surface area (TPSA) is 17.1 Å². The number of allylic oxidation sites excluding steroid dienone is 1. The SMILES string of the molecule is C=CC[C@@]1(Sc2ccccc2)C(=O)C2C3C1[C@@H]23. The van der Waals surface area contributed by atoms with E-state index in [0.29, 0.717) is 17.6 Å². The number of ketones is 1. The number of rotatable bonds is 4. The average molecular weight is 242 g/mol. The van der Waals surface area contributed by atoms with Gasteiger partial charge >= 0.3 is 0 Å². The predicted molar refractivity (Wildman–Crippen MR) is 68.8 cm³/mol. The maximum Gasteiger partial charge on any atom is 0.153 e. The van der Waals surface area contributed by atoms with E-state index in [1.807, 2.05) is 24.3 Å². The molecule has 0 heterocycles. The third-order valence-corrected chi connectivity index (χ3v) is 6.08. The number of hydrogen-bond acceptors (Lipinski definition) is 2. The van der Waals surface area contributed by atoms with E-state index in [9.17, 15) is 4.79 Å². The molecule has 4 aliphatic carbocycles. The molecular formula is C15H14OS. The fourth-order valence-corrected chi connectivity index (χ4v) is 5.35. The molecule has 4 aliphatic rings. The lowest BCUT2D eigenvalue weighted by molar-refractivity contribution is -0.120. The van der Waals surface area contributed by atoms with Gasteiger partial charge in [-0.05, 0) is 36.3 Å². The Morgan fingerprint density at radius 2 is 2.00 bits per heavy atom. The minimum Gasteiger partial charge on any atom is -0.298 e. The normalized spacial score (nSPS) is 44.4. The van der Waals surface area contributed by atoms with E-state index in [1.54, 1.807) is 11.8 Å². The molecule has 17 heavy (non-hydrogen) atoms. The van der Waals surface area contributed by atoms with Crippen LogP contribution in [-0.2, 0) is 4.79 Å². The first-order valence-corrected chi connectivity index (χ1v) is 7.00. The van der Waals surface area contributed by atoms with Gasteiger partial charge in [0, 0.05) is 10.8 Å². The second-order valence-electron chi connectivity index (χ2n) is 5.37. The summed E-state index contributed by atoms with van der Waals surface area (Å²) in [6.07, 6.45) is 2.76. The molecular weight excluding hydrogens is 228 g/mol. The number of carbonyl (C=O) groups excluding carboxylic acids is 1. The van der Waals surface area contributed by atoms with Gasteiger partial charge in [-0.2, -0.15) is 0 Å². The summed E-state index contributed by atoms with van der Waals surface area (Å²) in [5, 5.41) is 0. The van der Waals surface area contributed by atoms with Gasteiger partial charge in [0.2, 0.25) is 0 Å². The lowest BCUT2D eigenvalue weighted by Gasteiger charge is -2.25. The second kappa shape index (κ2) is 3.05. The highest BCUT2D eigenvalue weighted by Gasteiger charge is 2.89. The highest BCUT2D eigenvalue weighted by atomic mass is 32.2. The summed E-state index contributed by atoms with van der Waals surface area (Å²) >= 11 is 1.78. The number of fused-ring (bicyclic) bond motifs is 1. The fraction of sp³-hybridized carbons (Fsp3) is 0.400. The molecule has 0 amide bonds. The van der Waals surface area contributed by atoms with Crippen LogP contribution in [0.5, 0.6) is 0 Å². The first-order valence-electron chi connectivity index (χ1n) is 6.19. The number of carbonyl (C=O) groups is 1. The molecule has 0 spiro atoms. The van der Waals surface area contributed by atoms with Crippen molar-refractivity contribution in [3.05, 3.63) is 43.0 Å². The largest absolute Gasteiger partial charge is 0.298 e. The zero-order valence-electron chi connectivity index (χ0n) is 9.50. The van der Waals surface area contributed by atoms with Crippen LogP contribution in [0.2, 0.25) is 0 Å². The van der Waals surface area contributed by atoms with Crippen LogP contribution < -0.4 is 0 Å². The van der Waals surface area contributed by atoms with Crippen LogP contribution in [0.3, 0.4) is 0 Å². The number of Topliss-reactive ketones (excluding diaryl/α,β-unsaturated/α-hetero) is 1. The van der Waals surface area contributed by atoms with Crippen LogP contribution in [0.1, 0.15) is 6.42 Å². The summed E-state index contributed by atoms with van der Waals surface area (Å²) in [7, 11) is 0. The van der Waals surface area contributed by atoms with E-state index in [-0.39, 0.29) is 4.75 Å². The van der Waals surface area contributed by atoms with Gasteiger partial charge in [-0.1, -0.05) is 24.3 Å². The van der Waals surface area contributed by atoms with Crippen molar-refractivity contribution in [3.63, 3.8) is 0 Å². The summed E-state index contributed by atoms with van der Waals surface area (Å²) in [6, 6.07) is 10.3. The monoisotopic (exact) mass is 242 g/mol. The summed E-state index contributed by atoms with van der Waals surface area (Å²) in [4.78, 5) is 13.6. The second-order valence-corrected chi connectivity index (χ2v) is 6.77. The summed E-state index contributed by atoms with van der Waals surface area (Å²) in [6.45, 7) is 3.84. The third kappa shape index (κ3) is 1.10. The van der Waals surface area contributed by atoms with Crippen molar-refractivity contribution in [1.82, 2.24) is 0 Å². The number of benzene rings is 1. The van der Waals surface area contributed by atoms with E-state index in [0.717, 1.165) is 18.3 Å². The summed E-state index contributed by atoms with van der Waals surface area (Å²) in [5.41, 5.74) is 0. The minimum absolute atomic E-state index is 0.164. The molecule has 0 radical (unpaired) electrons. The van der Waals surface area contributed by atoms with Crippen molar-refractivity contribution < 1.29 is 4.79 Å². The molecule has 3 unspecified atom stereocenters. The van der Waals surface area contributed by atoms with Gasteiger partial charge in [0.05, 0.1) is 4.75 Å². The Balaban J connectivity index is 1.68. The molecule has 4 fully saturated rings. The van der Waals surface area contributed by atoms with Crippen molar-refractivity contribution in [3.8, 4) is 0 Å². The van der Waals surface area contributed by atoms with Gasteiger partial charge in [0.15, 0.2) is 5.78 Å². The van der Waals surface area contributed by atoms with E-state index in [1.165, 1.54) is 4.90 Å². The van der Waals surface area contributed by atoms with Crippen LogP contribution in [0.25, 0.3) is 0 Å². The Bertz CT molecular complexity index is 499. The third-order valence-electron chi connectivity index (χ3n) is 4.57. The van der Waals surface area contributed by atoms with Crippen LogP contribution in [-0.4, -0.2) is 10.5 Å². The number of thioether (sulfide) groups is 1. The van der Waals surface area contributed by atoms with Crippen molar-refractivity contribution in [2.24, 2.45) is 23.7 Å². The zero-order valence-corrected chi connectivity index (χ0v) is 10.3. The van der Waals surface area contributed by atoms with Crippen LogP contribution in [0, 0.1) is 23.7 Å². The molecule has 0 aliphatic heterocycles. The predicted octanol–water partition coefficient (Wildman–Crippen LogP) is 3.17. The molecule has 4 saturated carbocycles. The molecule has 5 rings (SSSR count). The Kier molecular flexibility index (Phi) is 1.79. The van der Waals surface area contributed by atoms with Gasteiger partial charge in [0.25, 0.3) is 0 Å². The standard InChI is InChI=1S/C15H14OS/c1-2-8-15(17-9-6-4-3-5-7-9)13-10-11(13)12(10)14(15)16/h2-7,10-13H,1,8H2/t10-,11?,12?,13?,15+/m1/s1. The maximum atomic E-state index is 12.4. The number of hydrogen-bond donors (Lipinski definition) is 0. The van der Waals surface area contributed by atoms with Crippen molar-refractivity contribution in [2.45, 2.75) is 16.1 Å². The molecule has 86 valence electrons. The Morgan fingerprint density at radius 3 is 2.53 bits per heavy atom. The highest BCUT2D eigenvalue weighted by molar-refractivity contribution is 8.01. The van der Waals surface area contributed by atoms with Gasteiger partial charge in [-0.3, -0.25) is 4.79 Å². The Labute approximate surface area is 105 Å². The van der Waals surface area contributed by atoms with Crippen molar-refractivity contribution in [2.75, 3.05) is 0 Å². The highest BCUT2D eigenvalue weighted by Crippen LogP contribution is 2.86. The Hall–Kier alpha value is -1.02. The quantitative estimate of drug-likeness (QED) is 0.754. The van der Waals surface area contributed by atoms with Crippen LogP contribution in [0.4, 0.5) is 0 Å². The lowest BCUT2D eigenvalue weighted by atomic mass is 10.0. The molecule has 1 nitrogen and oxygen atoms in total. The lowest BCUT2D eigenvalue weighted by Crippen LogP contribution is -2.30. The van der Waals surface area contributed by atoms with Gasteiger partial charge in [-0.15, -0.1) is 18.3 Å². The van der Waals surface area contributed by atoms with Crippen LogP contribution >= 0.6 is 11.8 Å². The molecule has 1 aromatic carbocycles. The average Bonchev–Trinajstić information content (AvgIpc) is 3.17. The Morgan fingerprint density at radius 1 is 1.29 bits per heavy atom. The maximum absolute atomic E-state index is 12.4.